The van der Waals surface area contributed by atoms with Gasteiger partial charge in [0.15, 0.2) is 0 Å². The van der Waals surface area contributed by atoms with E-state index in [0.717, 1.165) is 64.2 Å². The fourth-order valence-corrected chi connectivity index (χ4v) is 3.74. The Morgan fingerprint density at radius 2 is 1.92 bits per heavy atom. The maximum absolute atomic E-state index is 12.1. The number of hydrogen-bond donors (Lipinski definition) is 2. The smallest absolute Gasteiger partial charge is 0.221 e. The zero-order valence-corrected chi connectivity index (χ0v) is 15.0. The molecule has 1 saturated heterocycles. The molecule has 1 saturated carbocycles. The van der Waals surface area contributed by atoms with Gasteiger partial charge in [-0.3, -0.25) is 9.69 Å². The van der Waals surface area contributed by atoms with Crippen LogP contribution in [0.1, 0.15) is 38.5 Å². The van der Waals surface area contributed by atoms with Gasteiger partial charge >= 0.3 is 0 Å². The van der Waals surface area contributed by atoms with E-state index in [2.05, 4.69) is 20.1 Å². The lowest BCUT2D eigenvalue weighted by molar-refractivity contribution is -0.123. The minimum Gasteiger partial charge on any atom is -0.388 e. The van der Waals surface area contributed by atoms with Gasteiger partial charge in [-0.2, -0.15) is 0 Å². The van der Waals surface area contributed by atoms with Crippen LogP contribution in [-0.2, 0) is 4.79 Å². The molecule has 6 heteroatoms. The number of aliphatic hydroxyl groups is 1. The normalized spacial score (nSPS) is 21.1. The first-order valence-corrected chi connectivity index (χ1v) is 9.52. The third-order valence-electron chi connectivity index (χ3n) is 5.40. The molecule has 1 aliphatic carbocycles. The first-order chi connectivity index (χ1) is 12.1. The minimum absolute atomic E-state index is 0.0474. The summed E-state index contributed by atoms with van der Waals surface area (Å²) in [4.78, 5) is 21.1. The Kier molecular flexibility index (Phi) is 6.26. The summed E-state index contributed by atoms with van der Waals surface area (Å²) in [5, 5.41) is 13.4. The Bertz CT molecular complexity index is 538. The van der Waals surface area contributed by atoms with Crippen molar-refractivity contribution >= 4 is 11.7 Å². The van der Waals surface area contributed by atoms with Crippen molar-refractivity contribution in [2.75, 3.05) is 44.2 Å². The molecule has 0 unspecified atom stereocenters. The highest BCUT2D eigenvalue weighted by Crippen LogP contribution is 2.27. The van der Waals surface area contributed by atoms with Crippen molar-refractivity contribution in [3.63, 3.8) is 0 Å². The zero-order chi connectivity index (χ0) is 17.5. The monoisotopic (exact) mass is 346 g/mol. The van der Waals surface area contributed by atoms with Crippen molar-refractivity contribution in [2.24, 2.45) is 0 Å². The molecule has 0 radical (unpaired) electrons. The van der Waals surface area contributed by atoms with Gasteiger partial charge in [-0.25, -0.2) is 4.98 Å². The van der Waals surface area contributed by atoms with Crippen molar-refractivity contribution in [1.82, 2.24) is 15.2 Å². The number of carbonyl (C=O) groups excluding carboxylic acids is 1. The average Bonchev–Trinajstić information content (AvgIpc) is 2.66. The largest absolute Gasteiger partial charge is 0.388 e. The number of rotatable bonds is 6. The number of anilines is 1. The summed E-state index contributed by atoms with van der Waals surface area (Å²) < 4.78 is 0. The molecule has 1 aromatic rings. The molecule has 1 aliphatic heterocycles. The number of nitrogens with one attached hydrogen (secondary N) is 1. The molecule has 2 N–H and O–H groups in total. The zero-order valence-electron chi connectivity index (χ0n) is 15.0. The second-order valence-electron chi connectivity index (χ2n) is 7.33. The molecule has 0 atom stereocenters. The van der Waals surface area contributed by atoms with Gasteiger partial charge in [0.2, 0.25) is 5.91 Å². The number of hydrogen-bond acceptors (Lipinski definition) is 5. The highest BCUT2D eigenvalue weighted by molar-refractivity contribution is 5.76. The van der Waals surface area contributed by atoms with Gasteiger partial charge in [0.05, 0.1) is 5.60 Å². The van der Waals surface area contributed by atoms with Crippen molar-refractivity contribution in [3.05, 3.63) is 24.4 Å². The van der Waals surface area contributed by atoms with Gasteiger partial charge in [-0.05, 0) is 25.0 Å². The van der Waals surface area contributed by atoms with E-state index in [0.29, 0.717) is 13.0 Å². The summed E-state index contributed by atoms with van der Waals surface area (Å²) >= 11 is 0. The van der Waals surface area contributed by atoms with Crippen LogP contribution in [0.2, 0.25) is 0 Å². The van der Waals surface area contributed by atoms with Crippen LogP contribution in [0.25, 0.3) is 0 Å². The van der Waals surface area contributed by atoms with Crippen LogP contribution < -0.4 is 10.2 Å². The molecule has 6 nitrogen and oxygen atoms in total. The number of amides is 1. The molecule has 138 valence electrons. The SMILES string of the molecule is O=C(CCN1CCN(c2ccccn2)CC1)NCC1(O)CCCCC1. The van der Waals surface area contributed by atoms with Gasteiger partial charge in [-0.1, -0.05) is 25.3 Å². The molecule has 2 fully saturated rings. The van der Waals surface area contributed by atoms with E-state index in [-0.39, 0.29) is 5.91 Å². The van der Waals surface area contributed by atoms with Crippen molar-refractivity contribution in [1.29, 1.82) is 0 Å². The summed E-state index contributed by atoms with van der Waals surface area (Å²) in [6.45, 7) is 4.97. The number of carbonyl (C=O) groups is 1. The first-order valence-electron chi connectivity index (χ1n) is 9.52. The molecule has 0 bridgehead atoms. The predicted octanol–water partition coefficient (Wildman–Crippen LogP) is 1.41. The molecule has 2 heterocycles. The minimum atomic E-state index is -0.678. The lowest BCUT2D eigenvalue weighted by Gasteiger charge is -2.35. The van der Waals surface area contributed by atoms with Crippen molar-refractivity contribution < 1.29 is 9.90 Å². The first kappa shape index (κ1) is 18.1. The Labute approximate surface area is 150 Å². The predicted molar refractivity (Wildman–Crippen MR) is 98.6 cm³/mol. The van der Waals surface area contributed by atoms with Crippen LogP contribution >= 0.6 is 0 Å². The standard InChI is InChI=1S/C19H30N4O2/c24-18(21-16-19(25)8-3-1-4-9-19)7-11-22-12-14-23(15-13-22)17-6-2-5-10-20-17/h2,5-6,10,25H,1,3-4,7-9,11-16H2,(H,21,24). The second kappa shape index (κ2) is 8.63. The molecule has 2 aliphatic rings. The van der Waals surface area contributed by atoms with Gasteiger partial charge in [-0.15, -0.1) is 0 Å². The van der Waals surface area contributed by atoms with Crippen molar-refractivity contribution in [3.8, 4) is 0 Å². The fourth-order valence-electron chi connectivity index (χ4n) is 3.74. The Morgan fingerprint density at radius 3 is 2.60 bits per heavy atom. The maximum Gasteiger partial charge on any atom is 0.221 e. The Balaban J connectivity index is 1.33. The van der Waals surface area contributed by atoms with Crippen LogP contribution in [-0.4, -0.2) is 65.8 Å². The van der Waals surface area contributed by atoms with Crippen molar-refractivity contribution in [2.45, 2.75) is 44.1 Å². The molecule has 3 rings (SSSR count). The Hall–Kier alpha value is -1.66. The van der Waals surface area contributed by atoms with E-state index >= 15 is 0 Å². The van der Waals surface area contributed by atoms with Gasteiger partial charge in [0.25, 0.3) is 0 Å². The molecular weight excluding hydrogens is 316 g/mol. The third-order valence-corrected chi connectivity index (χ3v) is 5.40. The molecule has 1 aromatic heterocycles. The van der Waals surface area contributed by atoms with Crippen LogP contribution in [0.4, 0.5) is 5.82 Å². The van der Waals surface area contributed by atoms with Crippen LogP contribution in [0, 0.1) is 0 Å². The summed E-state index contributed by atoms with van der Waals surface area (Å²) in [6.07, 6.45) is 7.26. The van der Waals surface area contributed by atoms with E-state index in [1.54, 1.807) is 0 Å². The number of piperazine rings is 1. The summed E-state index contributed by atoms with van der Waals surface area (Å²) in [6, 6.07) is 5.99. The third kappa shape index (κ3) is 5.41. The summed E-state index contributed by atoms with van der Waals surface area (Å²) in [5.41, 5.74) is -0.678. The van der Waals surface area contributed by atoms with Crippen LogP contribution in [0.3, 0.4) is 0 Å². The van der Waals surface area contributed by atoms with E-state index < -0.39 is 5.60 Å². The maximum atomic E-state index is 12.1. The summed E-state index contributed by atoms with van der Waals surface area (Å²) in [5.74, 6) is 1.08. The molecule has 0 aromatic carbocycles. The molecule has 25 heavy (non-hydrogen) atoms. The van der Waals surface area contributed by atoms with E-state index in [4.69, 9.17) is 0 Å². The Morgan fingerprint density at radius 1 is 1.16 bits per heavy atom. The summed E-state index contributed by atoms with van der Waals surface area (Å²) in [7, 11) is 0. The van der Waals surface area contributed by atoms with Crippen LogP contribution in [0.15, 0.2) is 24.4 Å². The quantitative estimate of drug-likeness (QED) is 0.815. The van der Waals surface area contributed by atoms with Gasteiger partial charge in [0, 0.05) is 51.9 Å². The lowest BCUT2D eigenvalue weighted by Crippen LogP contribution is -2.48. The second-order valence-corrected chi connectivity index (χ2v) is 7.33. The highest BCUT2D eigenvalue weighted by atomic mass is 16.3. The average molecular weight is 346 g/mol. The number of nitrogens with zero attached hydrogens (tertiary/aromatic N) is 3. The highest BCUT2D eigenvalue weighted by Gasteiger charge is 2.29. The number of aromatic nitrogens is 1. The van der Waals surface area contributed by atoms with E-state index in [9.17, 15) is 9.90 Å². The van der Waals surface area contributed by atoms with Gasteiger partial charge < -0.3 is 15.3 Å². The van der Waals surface area contributed by atoms with Gasteiger partial charge in [0.1, 0.15) is 5.82 Å². The lowest BCUT2D eigenvalue weighted by atomic mass is 9.85. The molecular formula is C19H30N4O2. The fraction of sp³-hybridized carbons (Fsp3) is 0.684. The van der Waals surface area contributed by atoms with E-state index in [1.165, 1.54) is 6.42 Å². The molecule has 0 spiro atoms. The number of pyridine rings is 1. The van der Waals surface area contributed by atoms with E-state index in [1.807, 2.05) is 24.4 Å². The topological polar surface area (TPSA) is 68.7 Å². The van der Waals surface area contributed by atoms with Crippen LogP contribution in [0.5, 0.6) is 0 Å². The molecule has 1 amide bonds.